The number of rotatable bonds is 3. The van der Waals surface area contributed by atoms with Crippen LogP contribution in [0.2, 0.25) is 0 Å². The van der Waals surface area contributed by atoms with E-state index in [2.05, 4.69) is 213 Å². The molecule has 0 fully saturated rings. The van der Waals surface area contributed by atoms with Crippen LogP contribution in [0, 0.1) is 0 Å². The maximum absolute atomic E-state index is 5.57. The molecule has 0 unspecified atom stereocenters. The summed E-state index contributed by atoms with van der Waals surface area (Å²) in [6, 6.07) is 56.5. The monoisotopic (exact) mass is 784 g/mol. The van der Waals surface area contributed by atoms with E-state index < -0.39 is 0 Å². The molecule has 8 aromatic carbocycles. The number of benzene rings is 8. The van der Waals surface area contributed by atoms with Gasteiger partial charge in [0.2, 0.25) is 0 Å². The van der Waals surface area contributed by atoms with Crippen molar-refractivity contribution >= 4 is 115 Å². The molecule has 0 radical (unpaired) electrons. The minimum atomic E-state index is -0.0914. The Balaban J connectivity index is 1.29. The molecule has 0 bridgehead atoms. The lowest BCUT2D eigenvalue weighted by Gasteiger charge is -2.29. The zero-order valence-electron chi connectivity index (χ0n) is 35.3. The molecule has 5 heterocycles. The summed E-state index contributed by atoms with van der Waals surface area (Å²) in [6.45, 7) is 13.9. The van der Waals surface area contributed by atoms with Crippen LogP contribution in [0.5, 0.6) is 0 Å². The molecule has 5 aromatic heterocycles. The van der Waals surface area contributed by atoms with Gasteiger partial charge >= 0.3 is 0 Å². The molecule has 4 heteroatoms. The van der Waals surface area contributed by atoms with Gasteiger partial charge in [0, 0.05) is 54.5 Å². The summed E-state index contributed by atoms with van der Waals surface area (Å²) in [7, 11) is 0. The number of aromatic nitrogens is 3. The lowest BCUT2D eigenvalue weighted by molar-refractivity contribution is 0.591. The van der Waals surface area contributed by atoms with E-state index in [4.69, 9.17) is 4.98 Å². The Morgan fingerprint density at radius 1 is 0.410 bits per heavy atom. The van der Waals surface area contributed by atoms with Gasteiger partial charge < -0.3 is 9.30 Å². The number of nitrogens with zero attached hydrogens (tertiary/aromatic N) is 4. The first-order valence-corrected chi connectivity index (χ1v) is 21.6. The zero-order chi connectivity index (χ0) is 41.1. The van der Waals surface area contributed by atoms with Crippen molar-refractivity contribution in [2.45, 2.75) is 52.4 Å². The summed E-state index contributed by atoms with van der Waals surface area (Å²) >= 11 is 0. The van der Waals surface area contributed by atoms with Crippen LogP contribution in [0.25, 0.3) is 97.9 Å². The van der Waals surface area contributed by atoms with Gasteiger partial charge in [-0.05, 0) is 104 Å². The zero-order valence-corrected chi connectivity index (χ0v) is 35.3. The van der Waals surface area contributed by atoms with Crippen LogP contribution in [-0.2, 0) is 10.8 Å². The topological polar surface area (TPSA) is 24.9 Å². The molecule has 0 N–H and O–H groups in total. The second-order valence-electron chi connectivity index (χ2n) is 19.3. The number of hydrogen-bond donors (Lipinski definition) is 0. The lowest BCUT2D eigenvalue weighted by Crippen LogP contribution is -2.15. The highest BCUT2D eigenvalue weighted by Crippen LogP contribution is 2.52. The molecular weight excluding hydrogens is 741 g/mol. The van der Waals surface area contributed by atoms with Gasteiger partial charge in [0.15, 0.2) is 0 Å². The molecule has 0 aliphatic rings. The molecule has 0 aliphatic heterocycles. The summed E-state index contributed by atoms with van der Waals surface area (Å²) in [5, 5.41) is 15.2. The van der Waals surface area contributed by atoms with Crippen molar-refractivity contribution in [2.75, 3.05) is 4.90 Å². The molecular formula is C57H44N4. The summed E-state index contributed by atoms with van der Waals surface area (Å²) in [4.78, 5) is 8.02. The minimum Gasteiger partial charge on any atom is -0.308 e. The summed E-state index contributed by atoms with van der Waals surface area (Å²) in [5.74, 6) is 0. The van der Waals surface area contributed by atoms with Crippen molar-refractivity contribution in [3.05, 3.63) is 169 Å². The molecule has 0 amide bonds. The van der Waals surface area contributed by atoms with E-state index >= 15 is 0 Å². The van der Waals surface area contributed by atoms with E-state index in [1.54, 1.807) is 0 Å². The maximum atomic E-state index is 5.57. The van der Waals surface area contributed by atoms with E-state index in [0.717, 1.165) is 28.2 Å². The van der Waals surface area contributed by atoms with Gasteiger partial charge in [-0.3, -0.25) is 4.40 Å². The first kappa shape index (κ1) is 34.7. The molecule has 0 saturated heterocycles. The molecule has 13 aromatic rings. The van der Waals surface area contributed by atoms with E-state index in [1.165, 1.54) is 97.8 Å². The molecule has 61 heavy (non-hydrogen) atoms. The Morgan fingerprint density at radius 3 is 1.62 bits per heavy atom. The van der Waals surface area contributed by atoms with Crippen LogP contribution < -0.4 is 4.90 Å². The molecule has 4 nitrogen and oxygen atoms in total. The number of anilines is 3. The van der Waals surface area contributed by atoms with Crippen molar-refractivity contribution < 1.29 is 0 Å². The quantitative estimate of drug-likeness (QED) is 0.178. The van der Waals surface area contributed by atoms with E-state index in [-0.39, 0.29) is 10.8 Å². The van der Waals surface area contributed by atoms with Gasteiger partial charge in [-0.15, -0.1) is 0 Å². The van der Waals surface area contributed by atoms with Crippen molar-refractivity contribution in [1.29, 1.82) is 0 Å². The van der Waals surface area contributed by atoms with E-state index in [1.807, 2.05) is 0 Å². The van der Waals surface area contributed by atoms with Crippen molar-refractivity contribution in [3.8, 4) is 0 Å². The van der Waals surface area contributed by atoms with Gasteiger partial charge in [-0.2, -0.15) is 0 Å². The second kappa shape index (κ2) is 11.8. The smallest absolute Gasteiger partial charge is 0.146 e. The van der Waals surface area contributed by atoms with E-state index in [9.17, 15) is 0 Å². The maximum Gasteiger partial charge on any atom is 0.146 e. The fourth-order valence-electron chi connectivity index (χ4n) is 10.7. The van der Waals surface area contributed by atoms with Crippen LogP contribution in [0.3, 0.4) is 0 Å². The summed E-state index contributed by atoms with van der Waals surface area (Å²) in [6.07, 6.45) is 2.17. The third-order valence-corrected chi connectivity index (χ3v) is 13.6. The molecule has 0 spiro atoms. The SMILES string of the molecule is CC(C)(C)c1ccc2c(c1)c1c3ccccc3cc3c4c5c6c7ccccc7cc7c8cc(C(C)(C)C)cc(N(c9ccccc9)c9ccccc9)c8n(c5cnc4n2c31)c76. The first-order chi connectivity index (χ1) is 29.6. The van der Waals surface area contributed by atoms with Crippen molar-refractivity contribution in [1.82, 2.24) is 13.8 Å². The van der Waals surface area contributed by atoms with Gasteiger partial charge in [-0.25, -0.2) is 4.98 Å². The van der Waals surface area contributed by atoms with Crippen LogP contribution in [0.1, 0.15) is 52.7 Å². The van der Waals surface area contributed by atoms with Crippen molar-refractivity contribution in [3.63, 3.8) is 0 Å². The largest absolute Gasteiger partial charge is 0.308 e. The highest BCUT2D eigenvalue weighted by molar-refractivity contribution is 6.41. The predicted octanol–water partition coefficient (Wildman–Crippen LogP) is 15.8. The lowest BCUT2D eigenvalue weighted by atomic mass is 9.85. The minimum absolute atomic E-state index is 0.0240. The second-order valence-corrected chi connectivity index (χ2v) is 19.3. The highest BCUT2D eigenvalue weighted by Gasteiger charge is 2.31. The Bertz CT molecular complexity index is 3890. The third-order valence-electron chi connectivity index (χ3n) is 13.6. The number of hydrogen-bond acceptors (Lipinski definition) is 2. The number of fused-ring (bicyclic) bond motifs is 17. The fourth-order valence-corrected chi connectivity index (χ4v) is 10.7. The van der Waals surface area contributed by atoms with Crippen LogP contribution >= 0.6 is 0 Å². The van der Waals surface area contributed by atoms with Gasteiger partial charge in [-0.1, -0.05) is 133 Å². The van der Waals surface area contributed by atoms with Gasteiger partial charge in [0.05, 0.1) is 39.5 Å². The summed E-state index contributed by atoms with van der Waals surface area (Å²) in [5.41, 5.74) is 13.0. The predicted molar refractivity (Wildman–Crippen MR) is 261 cm³/mol. The Labute approximate surface area is 353 Å². The Morgan fingerprint density at radius 2 is 0.967 bits per heavy atom. The first-order valence-electron chi connectivity index (χ1n) is 21.6. The standard InChI is InChI=1S/C57H44N4/c1-56(2,3)35-25-26-45-43(29-35)48-39-23-15-13-18-34(39)28-44-50-51-47(32-58-55(50)61(45)54(44)48)60-52-42(41-27-33-17-14-16-24-40(33)49(51)53(41)60)30-36(57(4,5)6)31-46(52)59(37-19-9-7-10-20-37)38-21-11-8-12-22-38/h7-32H,1-6H3. The molecule has 292 valence electrons. The van der Waals surface area contributed by atoms with Crippen molar-refractivity contribution in [2.24, 2.45) is 0 Å². The fraction of sp³-hybridized carbons (Fsp3) is 0.140. The molecule has 0 saturated carbocycles. The molecule has 13 rings (SSSR count). The van der Waals surface area contributed by atoms with Crippen LogP contribution in [0.15, 0.2) is 158 Å². The highest BCUT2D eigenvalue weighted by atomic mass is 15.2. The average Bonchev–Trinajstić information content (AvgIpc) is 3.99. The third kappa shape index (κ3) is 4.57. The number of pyridine rings is 1. The molecule has 0 aliphatic carbocycles. The Kier molecular flexibility index (Phi) is 6.69. The van der Waals surface area contributed by atoms with Gasteiger partial charge in [0.1, 0.15) is 5.65 Å². The van der Waals surface area contributed by atoms with E-state index in [0.29, 0.717) is 0 Å². The average molecular weight is 785 g/mol. The van der Waals surface area contributed by atoms with Crippen LogP contribution in [0.4, 0.5) is 17.1 Å². The molecule has 0 atom stereocenters. The van der Waals surface area contributed by atoms with Gasteiger partial charge in [0.25, 0.3) is 0 Å². The number of para-hydroxylation sites is 2. The summed E-state index contributed by atoms with van der Waals surface area (Å²) < 4.78 is 5.03. The Hall–Kier alpha value is -7.17. The van der Waals surface area contributed by atoms with Crippen LogP contribution in [-0.4, -0.2) is 13.8 Å². The normalized spacial score (nSPS) is 13.1.